The van der Waals surface area contributed by atoms with Gasteiger partial charge >= 0.3 is 0 Å². The van der Waals surface area contributed by atoms with E-state index in [1.54, 1.807) is 6.07 Å². The molecule has 4 heteroatoms. The minimum absolute atomic E-state index is 0.129. The third kappa shape index (κ3) is 5.39. The second-order valence-electron chi connectivity index (χ2n) is 4.89. The molecule has 0 bridgehead atoms. The van der Waals surface area contributed by atoms with Crippen molar-refractivity contribution in [2.45, 2.75) is 52.2 Å². The fraction of sp³-hybridized carbons (Fsp3) is 0.625. The van der Waals surface area contributed by atoms with Gasteiger partial charge in [-0.15, -0.1) is 0 Å². The summed E-state index contributed by atoms with van der Waals surface area (Å²) in [6, 6.07) is 4.67. The van der Waals surface area contributed by atoms with Crippen LogP contribution in [0.4, 0.5) is 4.39 Å². The van der Waals surface area contributed by atoms with Crippen molar-refractivity contribution in [3.8, 4) is 0 Å². The highest BCUT2D eigenvalue weighted by Crippen LogP contribution is 2.21. The number of hydrogen-bond donors (Lipinski definition) is 1. The van der Waals surface area contributed by atoms with Crippen molar-refractivity contribution in [2.75, 3.05) is 13.2 Å². The van der Waals surface area contributed by atoms with Gasteiger partial charge in [-0.25, -0.2) is 4.39 Å². The van der Waals surface area contributed by atoms with Gasteiger partial charge < -0.3 is 10.1 Å². The highest BCUT2D eigenvalue weighted by Gasteiger charge is 2.21. The zero-order chi connectivity index (χ0) is 15.0. The van der Waals surface area contributed by atoms with Gasteiger partial charge in [-0.2, -0.15) is 0 Å². The van der Waals surface area contributed by atoms with Crippen LogP contribution in [0, 0.1) is 5.82 Å². The number of halogens is 2. The first kappa shape index (κ1) is 17.4. The number of likely N-dealkylation sites (N-methyl/N-ethyl adjacent to an activating group) is 1. The molecule has 0 aliphatic heterocycles. The second-order valence-corrected chi connectivity index (χ2v) is 5.29. The highest BCUT2D eigenvalue weighted by molar-refractivity contribution is 6.31. The molecule has 2 atom stereocenters. The Morgan fingerprint density at radius 2 is 2.05 bits per heavy atom. The van der Waals surface area contributed by atoms with Crippen molar-refractivity contribution < 1.29 is 9.13 Å². The maximum atomic E-state index is 13.4. The van der Waals surface area contributed by atoms with Crippen LogP contribution in [0.25, 0.3) is 0 Å². The summed E-state index contributed by atoms with van der Waals surface area (Å²) < 4.78 is 19.2. The van der Waals surface area contributed by atoms with Crippen molar-refractivity contribution in [2.24, 2.45) is 0 Å². The van der Waals surface area contributed by atoms with E-state index in [4.69, 9.17) is 16.3 Å². The summed E-state index contributed by atoms with van der Waals surface area (Å²) in [6.45, 7) is 7.74. The number of nitrogens with one attached hydrogen (secondary N) is 1. The van der Waals surface area contributed by atoms with Crippen molar-refractivity contribution in [1.82, 2.24) is 5.32 Å². The standard InChI is InChI=1S/C16H25ClFNO/c1-4-7-16(20-6-3)15(19-5-2)11-12-10-13(18)8-9-14(12)17/h8-10,15-16,19H,4-7,11H2,1-3H3. The van der Waals surface area contributed by atoms with E-state index in [1.807, 2.05) is 6.92 Å². The Bertz CT molecular complexity index is 394. The molecule has 1 rings (SSSR count). The van der Waals surface area contributed by atoms with E-state index in [0.717, 1.165) is 24.9 Å². The molecule has 0 heterocycles. The quantitative estimate of drug-likeness (QED) is 0.738. The first-order valence-corrected chi connectivity index (χ1v) is 7.79. The Balaban J connectivity index is 2.86. The molecule has 1 aromatic rings. The lowest BCUT2D eigenvalue weighted by Gasteiger charge is -2.28. The molecule has 0 aliphatic carbocycles. The number of rotatable bonds is 9. The van der Waals surface area contributed by atoms with Gasteiger partial charge in [-0.05, 0) is 50.1 Å². The average molecular weight is 302 g/mol. The third-order valence-corrected chi connectivity index (χ3v) is 3.69. The maximum absolute atomic E-state index is 13.4. The lowest BCUT2D eigenvalue weighted by Crippen LogP contribution is -2.43. The summed E-state index contributed by atoms with van der Waals surface area (Å²) >= 11 is 6.16. The van der Waals surface area contributed by atoms with Crippen LogP contribution in [0.5, 0.6) is 0 Å². The maximum Gasteiger partial charge on any atom is 0.123 e. The molecular weight excluding hydrogens is 277 g/mol. The number of hydrogen-bond acceptors (Lipinski definition) is 2. The molecule has 0 spiro atoms. The summed E-state index contributed by atoms with van der Waals surface area (Å²) in [5.41, 5.74) is 0.832. The van der Waals surface area contributed by atoms with Crippen LogP contribution in [-0.4, -0.2) is 25.3 Å². The minimum Gasteiger partial charge on any atom is -0.377 e. The first-order valence-electron chi connectivity index (χ1n) is 7.41. The fourth-order valence-electron chi connectivity index (χ4n) is 2.43. The van der Waals surface area contributed by atoms with Gasteiger partial charge in [0.2, 0.25) is 0 Å². The summed E-state index contributed by atoms with van der Waals surface area (Å²) in [4.78, 5) is 0. The smallest absolute Gasteiger partial charge is 0.123 e. The van der Waals surface area contributed by atoms with E-state index in [9.17, 15) is 4.39 Å². The average Bonchev–Trinajstić information content (AvgIpc) is 2.42. The van der Waals surface area contributed by atoms with Crippen LogP contribution >= 0.6 is 11.6 Å². The summed E-state index contributed by atoms with van der Waals surface area (Å²) in [5.74, 6) is -0.247. The molecule has 2 unspecified atom stereocenters. The van der Waals surface area contributed by atoms with Crippen LogP contribution < -0.4 is 5.32 Å². The molecule has 0 fully saturated rings. The normalized spacial score (nSPS) is 14.2. The highest BCUT2D eigenvalue weighted by atomic mass is 35.5. The Morgan fingerprint density at radius 1 is 1.30 bits per heavy atom. The Morgan fingerprint density at radius 3 is 2.65 bits per heavy atom. The number of benzene rings is 1. The molecule has 0 amide bonds. The lowest BCUT2D eigenvalue weighted by molar-refractivity contribution is 0.0285. The largest absolute Gasteiger partial charge is 0.377 e. The molecule has 0 saturated carbocycles. The first-order chi connectivity index (χ1) is 9.62. The summed E-state index contributed by atoms with van der Waals surface area (Å²) in [7, 11) is 0. The molecule has 1 N–H and O–H groups in total. The summed E-state index contributed by atoms with van der Waals surface area (Å²) in [5, 5.41) is 4.05. The monoisotopic (exact) mass is 301 g/mol. The van der Waals surface area contributed by atoms with Crippen LogP contribution in [0.3, 0.4) is 0 Å². The minimum atomic E-state index is -0.247. The lowest BCUT2D eigenvalue weighted by atomic mass is 9.98. The van der Waals surface area contributed by atoms with Gasteiger partial charge in [0.25, 0.3) is 0 Å². The van der Waals surface area contributed by atoms with E-state index in [2.05, 4.69) is 19.2 Å². The van der Waals surface area contributed by atoms with Crippen LogP contribution in [0.15, 0.2) is 18.2 Å². The van der Waals surface area contributed by atoms with E-state index in [-0.39, 0.29) is 18.0 Å². The van der Waals surface area contributed by atoms with Crippen molar-refractivity contribution in [3.63, 3.8) is 0 Å². The Labute approximate surface area is 126 Å². The van der Waals surface area contributed by atoms with Crippen LogP contribution in [0.2, 0.25) is 5.02 Å². The van der Waals surface area contributed by atoms with Gasteiger partial charge in [0.1, 0.15) is 5.82 Å². The molecule has 2 nitrogen and oxygen atoms in total. The molecule has 114 valence electrons. The zero-order valence-electron chi connectivity index (χ0n) is 12.6. The second kappa shape index (κ2) is 9.32. The fourth-order valence-corrected chi connectivity index (χ4v) is 2.63. The molecule has 0 saturated heterocycles. The van der Waals surface area contributed by atoms with Gasteiger partial charge in [-0.1, -0.05) is 31.9 Å². The Hall–Kier alpha value is -0.640. The van der Waals surface area contributed by atoms with Crippen molar-refractivity contribution >= 4 is 11.6 Å². The van der Waals surface area contributed by atoms with E-state index < -0.39 is 0 Å². The van der Waals surface area contributed by atoms with Gasteiger partial charge in [-0.3, -0.25) is 0 Å². The van der Waals surface area contributed by atoms with Crippen LogP contribution in [-0.2, 0) is 11.2 Å². The molecule has 0 aliphatic rings. The van der Waals surface area contributed by atoms with Crippen molar-refractivity contribution in [1.29, 1.82) is 0 Å². The molecule has 20 heavy (non-hydrogen) atoms. The van der Waals surface area contributed by atoms with E-state index in [1.165, 1.54) is 12.1 Å². The number of ether oxygens (including phenoxy) is 1. The molecule has 1 aromatic carbocycles. The van der Waals surface area contributed by atoms with Gasteiger partial charge in [0.15, 0.2) is 0 Å². The molecule has 0 aromatic heterocycles. The predicted molar refractivity (Wildman–Crippen MR) is 82.9 cm³/mol. The summed E-state index contributed by atoms with van der Waals surface area (Å²) in [6.07, 6.45) is 2.85. The van der Waals surface area contributed by atoms with Gasteiger partial charge in [0, 0.05) is 17.7 Å². The topological polar surface area (TPSA) is 21.3 Å². The van der Waals surface area contributed by atoms with Crippen molar-refractivity contribution in [3.05, 3.63) is 34.6 Å². The zero-order valence-corrected chi connectivity index (χ0v) is 13.3. The van der Waals surface area contributed by atoms with E-state index in [0.29, 0.717) is 18.1 Å². The van der Waals surface area contributed by atoms with Crippen LogP contribution in [0.1, 0.15) is 39.2 Å². The predicted octanol–water partition coefficient (Wildman–Crippen LogP) is 4.20. The van der Waals surface area contributed by atoms with E-state index >= 15 is 0 Å². The Kier molecular flexibility index (Phi) is 8.12. The SMILES string of the molecule is CCCC(OCC)C(Cc1cc(F)ccc1Cl)NCC. The molecular formula is C16H25ClFNO. The third-order valence-electron chi connectivity index (χ3n) is 3.32. The van der Waals surface area contributed by atoms with Gasteiger partial charge in [0.05, 0.1) is 6.10 Å². The molecule has 0 radical (unpaired) electrons.